The van der Waals surface area contributed by atoms with Gasteiger partial charge < -0.3 is 10.1 Å². The minimum atomic E-state index is -0.177. The molecule has 0 aliphatic carbocycles. The van der Waals surface area contributed by atoms with Crippen molar-refractivity contribution >= 4 is 17.7 Å². The van der Waals surface area contributed by atoms with Gasteiger partial charge in [-0.15, -0.1) is 11.8 Å². The van der Waals surface area contributed by atoms with Crippen LogP contribution in [0.15, 0.2) is 18.3 Å². The second-order valence-electron chi connectivity index (χ2n) is 3.81. The zero-order chi connectivity index (χ0) is 12.7. The smallest absolute Gasteiger partial charge is 0.269 e. The van der Waals surface area contributed by atoms with E-state index in [-0.39, 0.29) is 5.91 Å². The van der Waals surface area contributed by atoms with Crippen molar-refractivity contribution in [1.82, 2.24) is 10.3 Å². The summed E-state index contributed by atoms with van der Waals surface area (Å²) in [5.74, 6) is 0.485. The summed E-state index contributed by atoms with van der Waals surface area (Å²) in [5.41, 5.74) is 1.38. The quantitative estimate of drug-likeness (QED) is 0.623. The molecule has 4 nitrogen and oxygen atoms in total. The van der Waals surface area contributed by atoms with Crippen molar-refractivity contribution in [1.29, 1.82) is 0 Å². The lowest BCUT2D eigenvalue weighted by Gasteiger charge is -2.07. The number of aromatic nitrogens is 1. The standard InChI is InChI=1S/C12H18N2O2S/c1-9(2)17-8-16-7-10-4-5-14-11(6-10)12(15)13-3/h4-6,9H,7-8H2,1-3H3,(H,13,15). The Morgan fingerprint density at radius 3 is 3.00 bits per heavy atom. The molecule has 1 heterocycles. The molecule has 1 aromatic heterocycles. The predicted molar refractivity (Wildman–Crippen MR) is 70.0 cm³/mol. The fourth-order valence-electron chi connectivity index (χ4n) is 1.16. The molecule has 94 valence electrons. The first-order chi connectivity index (χ1) is 8.13. The highest BCUT2D eigenvalue weighted by Gasteiger charge is 2.05. The minimum absolute atomic E-state index is 0.177. The number of carbonyl (C=O) groups is 1. The van der Waals surface area contributed by atoms with Gasteiger partial charge in [-0.3, -0.25) is 9.78 Å². The maximum atomic E-state index is 11.4. The van der Waals surface area contributed by atoms with Crippen molar-refractivity contribution in [2.75, 3.05) is 13.0 Å². The zero-order valence-electron chi connectivity index (χ0n) is 10.4. The largest absolute Gasteiger partial charge is 0.366 e. The van der Waals surface area contributed by atoms with Crippen LogP contribution in [0.25, 0.3) is 0 Å². The highest BCUT2D eigenvalue weighted by molar-refractivity contribution is 7.99. The van der Waals surface area contributed by atoms with Gasteiger partial charge >= 0.3 is 0 Å². The van der Waals surface area contributed by atoms with E-state index >= 15 is 0 Å². The number of thioether (sulfide) groups is 1. The molecule has 0 spiro atoms. The van der Waals surface area contributed by atoms with Gasteiger partial charge in [0.25, 0.3) is 5.91 Å². The van der Waals surface area contributed by atoms with Crippen LogP contribution in [-0.2, 0) is 11.3 Å². The Morgan fingerprint density at radius 1 is 1.59 bits per heavy atom. The summed E-state index contributed by atoms with van der Waals surface area (Å²) in [6.07, 6.45) is 1.62. The van der Waals surface area contributed by atoms with Gasteiger partial charge in [-0.25, -0.2) is 0 Å². The van der Waals surface area contributed by atoms with Gasteiger partial charge in [0.15, 0.2) is 0 Å². The SMILES string of the molecule is CNC(=O)c1cc(COCSC(C)C)ccn1. The Kier molecular flexibility index (Phi) is 6.00. The summed E-state index contributed by atoms with van der Waals surface area (Å²) in [7, 11) is 1.59. The minimum Gasteiger partial charge on any atom is -0.366 e. The first kappa shape index (κ1) is 14.0. The van der Waals surface area contributed by atoms with Crippen molar-refractivity contribution in [3.63, 3.8) is 0 Å². The zero-order valence-corrected chi connectivity index (χ0v) is 11.2. The summed E-state index contributed by atoms with van der Waals surface area (Å²) in [5, 5.41) is 3.11. The molecule has 0 aromatic carbocycles. The monoisotopic (exact) mass is 254 g/mol. The third-order valence-electron chi connectivity index (χ3n) is 2.04. The number of carbonyl (C=O) groups excluding carboxylic acids is 1. The molecule has 0 saturated carbocycles. The molecule has 1 rings (SSSR count). The second-order valence-corrected chi connectivity index (χ2v) is 5.32. The lowest BCUT2D eigenvalue weighted by Crippen LogP contribution is -2.19. The molecule has 0 fully saturated rings. The van der Waals surface area contributed by atoms with E-state index in [9.17, 15) is 4.79 Å². The summed E-state index contributed by atoms with van der Waals surface area (Å²) in [6, 6.07) is 3.60. The Hall–Kier alpha value is -1.07. The Balaban J connectivity index is 2.46. The van der Waals surface area contributed by atoms with E-state index < -0.39 is 0 Å². The van der Waals surface area contributed by atoms with E-state index in [0.29, 0.717) is 23.5 Å². The molecule has 1 N–H and O–H groups in total. The maximum absolute atomic E-state index is 11.4. The van der Waals surface area contributed by atoms with Gasteiger partial charge in [0.05, 0.1) is 12.5 Å². The number of hydrogen-bond acceptors (Lipinski definition) is 4. The van der Waals surface area contributed by atoms with Crippen LogP contribution < -0.4 is 5.32 Å². The number of ether oxygens (including phenoxy) is 1. The van der Waals surface area contributed by atoms with E-state index in [4.69, 9.17) is 4.74 Å². The van der Waals surface area contributed by atoms with Crippen molar-refractivity contribution in [2.45, 2.75) is 25.7 Å². The van der Waals surface area contributed by atoms with Crippen LogP contribution in [0.4, 0.5) is 0 Å². The number of amides is 1. The average molecular weight is 254 g/mol. The molecular weight excluding hydrogens is 236 g/mol. The Bertz CT molecular complexity index is 369. The van der Waals surface area contributed by atoms with Gasteiger partial charge in [-0.2, -0.15) is 0 Å². The molecule has 0 radical (unpaired) electrons. The molecule has 0 aliphatic heterocycles. The van der Waals surface area contributed by atoms with Crippen LogP contribution in [0.2, 0.25) is 0 Å². The van der Waals surface area contributed by atoms with Gasteiger partial charge in [-0.05, 0) is 17.7 Å². The average Bonchev–Trinajstić information content (AvgIpc) is 2.34. The summed E-state index contributed by atoms with van der Waals surface area (Å²) in [4.78, 5) is 15.4. The number of pyridine rings is 1. The lowest BCUT2D eigenvalue weighted by atomic mass is 10.2. The molecule has 0 atom stereocenters. The number of nitrogens with zero attached hydrogens (tertiary/aromatic N) is 1. The van der Waals surface area contributed by atoms with E-state index in [2.05, 4.69) is 24.1 Å². The van der Waals surface area contributed by atoms with Crippen LogP contribution in [0.1, 0.15) is 29.9 Å². The number of hydrogen-bond donors (Lipinski definition) is 1. The molecule has 0 saturated heterocycles. The van der Waals surface area contributed by atoms with Crippen molar-refractivity contribution in [2.24, 2.45) is 0 Å². The van der Waals surface area contributed by atoms with Crippen molar-refractivity contribution in [3.8, 4) is 0 Å². The Morgan fingerprint density at radius 2 is 2.35 bits per heavy atom. The normalized spacial score (nSPS) is 10.6. The van der Waals surface area contributed by atoms with Crippen LogP contribution in [-0.4, -0.2) is 29.1 Å². The van der Waals surface area contributed by atoms with Crippen molar-refractivity contribution < 1.29 is 9.53 Å². The van der Waals surface area contributed by atoms with Crippen LogP contribution in [0.5, 0.6) is 0 Å². The lowest BCUT2D eigenvalue weighted by molar-refractivity contribution is 0.0957. The number of nitrogens with one attached hydrogen (secondary N) is 1. The first-order valence-electron chi connectivity index (χ1n) is 5.50. The Labute approximate surface area is 106 Å². The fraction of sp³-hybridized carbons (Fsp3) is 0.500. The summed E-state index contributed by atoms with van der Waals surface area (Å²) >= 11 is 1.75. The third-order valence-corrected chi connectivity index (χ3v) is 3.01. The molecule has 0 unspecified atom stereocenters. The second kappa shape index (κ2) is 7.29. The first-order valence-corrected chi connectivity index (χ1v) is 6.54. The van der Waals surface area contributed by atoms with E-state index in [1.54, 1.807) is 31.1 Å². The maximum Gasteiger partial charge on any atom is 0.269 e. The molecular formula is C12H18N2O2S. The fourth-order valence-corrected chi connectivity index (χ4v) is 1.61. The molecule has 0 bridgehead atoms. The topological polar surface area (TPSA) is 51.2 Å². The highest BCUT2D eigenvalue weighted by atomic mass is 32.2. The molecule has 1 amide bonds. The van der Waals surface area contributed by atoms with Gasteiger partial charge in [-0.1, -0.05) is 13.8 Å². The van der Waals surface area contributed by atoms with E-state index in [1.807, 2.05) is 6.07 Å². The van der Waals surface area contributed by atoms with Crippen molar-refractivity contribution in [3.05, 3.63) is 29.6 Å². The van der Waals surface area contributed by atoms with Gasteiger partial charge in [0, 0.05) is 18.5 Å². The van der Waals surface area contributed by atoms with Gasteiger partial charge in [0.2, 0.25) is 0 Å². The number of rotatable bonds is 6. The van der Waals surface area contributed by atoms with Crippen LogP contribution in [0, 0.1) is 0 Å². The molecule has 17 heavy (non-hydrogen) atoms. The highest BCUT2D eigenvalue weighted by Crippen LogP contribution is 2.11. The van der Waals surface area contributed by atoms with E-state index in [0.717, 1.165) is 5.56 Å². The predicted octanol–water partition coefficient (Wildman–Crippen LogP) is 2.06. The molecule has 5 heteroatoms. The third kappa shape index (κ3) is 5.19. The van der Waals surface area contributed by atoms with Gasteiger partial charge in [0.1, 0.15) is 5.69 Å². The van der Waals surface area contributed by atoms with E-state index in [1.165, 1.54) is 0 Å². The summed E-state index contributed by atoms with van der Waals surface area (Å²) in [6.45, 7) is 4.76. The summed E-state index contributed by atoms with van der Waals surface area (Å²) < 4.78 is 5.50. The molecule has 0 aliphatic rings. The van der Waals surface area contributed by atoms with Crippen LogP contribution >= 0.6 is 11.8 Å². The molecule has 1 aromatic rings. The van der Waals surface area contributed by atoms with Crippen LogP contribution in [0.3, 0.4) is 0 Å².